The van der Waals surface area contributed by atoms with Crippen molar-refractivity contribution >= 4 is 0 Å². The third-order valence-electron chi connectivity index (χ3n) is 2.61. The molecule has 0 aromatic carbocycles. The van der Waals surface area contributed by atoms with Crippen molar-refractivity contribution in [2.24, 2.45) is 5.92 Å². The minimum absolute atomic E-state index is 0.750. The monoisotopic (exact) mass is 162 g/mol. The van der Waals surface area contributed by atoms with Gasteiger partial charge in [-0.15, -0.1) is 0 Å². The SMILES string of the molecule is C=C/C(C)=C\C(=C)C1CCCC1. The maximum atomic E-state index is 4.10. The lowest BCUT2D eigenvalue weighted by molar-refractivity contribution is 0.659. The predicted octanol–water partition coefficient (Wildman–Crippen LogP) is 3.87. The van der Waals surface area contributed by atoms with E-state index in [0.29, 0.717) is 0 Å². The number of hydrogen-bond donors (Lipinski definition) is 0. The molecule has 0 atom stereocenters. The van der Waals surface area contributed by atoms with Crippen LogP contribution in [0, 0.1) is 5.92 Å². The molecular formula is C12H18. The van der Waals surface area contributed by atoms with E-state index in [9.17, 15) is 0 Å². The van der Waals surface area contributed by atoms with Crippen molar-refractivity contribution in [2.45, 2.75) is 32.6 Å². The highest BCUT2D eigenvalue weighted by Crippen LogP contribution is 2.31. The van der Waals surface area contributed by atoms with E-state index >= 15 is 0 Å². The van der Waals surface area contributed by atoms with E-state index in [0.717, 1.165) is 5.92 Å². The van der Waals surface area contributed by atoms with Crippen LogP contribution in [0.4, 0.5) is 0 Å². The minimum Gasteiger partial charge on any atom is -0.0988 e. The zero-order valence-corrected chi connectivity index (χ0v) is 7.97. The summed E-state index contributed by atoms with van der Waals surface area (Å²) in [6.07, 6.45) is 9.48. The van der Waals surface area contributed by atoms with E-state index in [-0.39, 0.29) is 0 Å². The van der Waals surface area contributed by atoms with E-state index in [1.807, 2.05) is 6.08 Å². The van der Waals surface area contributed by atoms with Crippen molar-refractivity contribution in [1.29, 1.82) is 0 Å². The summed E-state index contributed by atoms with van der Waals surface area (Å²) in [5.74, 6) is 0.750. The van der Waals surface area contributed by atoms with E-state index in [2.05, 4.69) is 26.2 Å². The molecular weight excluding hydrogens is 144 g/mol. The summed E-state index contributed by atoms with van der Waals surface area (Å²) in [6, 6.07) is 0. The second-order valence-electron chi connectivity index (χ2n) is 3.65. The molecule has 1 fully saturated rings. The molecule has 0 bridgehead atoms. The summed E-state index contributed by atoms with van der Waals surface area (Å²) in [5.41, 5.74) is 2.52. The molecule has 0 amide bonds. The minimum atomic E-state index is 0.750. The molecule has 0 saturated heterocycles. The first-order chi connectivity index (χ1) is 5.74. The van der Waals surface area contributed by atoms with Gasteiger partial charge in [0.15, 0.2) is 0 Å². The Morgan fingerprint density at radius 3 is 2.42 bits per heavy atom. The second-order valence-corrected chi connectivity index (χ2v) is 3.65. The van der Waals surface area contributed by atoms with Crippen LogP contribution >= 0.6 is 0 Å². The predicted molar refractivity (Wildman–Crippen MR) is 55.1 cm³/mol. The maximum Gasteiger partial charge on any atom is -0.0168 e. The van der Waals surface area contributed by atoms with E-state index < -0.39 is 0 Å². The van der Waals surface area contributed by atoms with Crippen molar-refractivity contribution in [2.75, 3.05) is 0 Å². The molecule has 1 saturated carbocycles. The first-order valence-corrected chi connectivity index (χ1v) is 4.73. The van der Waals surface area contributed by atoms with Crippen molar-refractivity contribution in [1.82, 2.24) is 0 Å². The average Bonchev–Trinajstić information content (AvgIpc) is 2.56. The topological polar surface area (TPSA) is 0 Å². The first kappa shape index (κ1) is 9.31. The van der Waals surface area contributed by atoms with E-state index in [1.165, 1.54) is 36.8 Å². The van der Waals surface area contributed by atoms with Gasteiger partial charge in [0.25, 0.3) is 0 Å². The maximum absolute atomic E-state index is 4.10. The molecule has 12 heavy (non-hydrogen) atoms. The van der Waals surface area contributed by atoms with Crippen LogP contribution in [0.2, 0.25) is 0 Å². The highest BCUT2D eigenvalue weighted by atomic mass is 14.2. The molecule has 0 aromatic heterocycles. The van der Waals surface area contributed by atoms with Crippen LogP contribution < -0.4 is 0 Å². The molecule has 0 radical (unpaired) electrons. The number of allylic oxidation sites excluding steroid dienone is 4. The molecule has 0 heteroatoms. The van der Waals surface area contributed by atoms with Crippen molar-refractivity contribution in [3.63, 3.8) is 0 Å². The molecule has 0 nitrogen and oxygen atoms in total. The van der Waals surface area contributed by atoms with Crippen molar-refractivity contribution < 1.29 is 0 Å². The summed E-state index contributed by atoms with van der Waals surface area (Å²) in [7, 11) is 0. The van der Waals surface area contributed by atoms with Crippen LogP contribution in [-0.4, -0.2) is 0 Å². The second kappa shape index (κ2) is 4.30. The van der Waals surface area contributed by atoms with Gasteiger partial charge in [-0.25, -0.2) is 0 Å². The first-order valence-electron chi connectivity index (χ1n) is 4.73. The molecule has 1 rings (SSSR count). The fourth-order valence-corrected chi connectivity index (χ4v) is 1.77. The molecule has 1 aliphatic rings. The van der Waals surface area contributed by atoms with E-state index in [1.54, 1.807) is 0 Å². The Balaban J connectivity index is 2.52. The van der Waals surface area contributed by atoms with Gasteiger partial charge in [0, 0.05) is 0 Å². The quantitative estimate of drug-likeness (QED) is 0.553. The average molecular weight is 162 g/mol. The van der Waals surface area contributed by atoms with Crippen LogP contribution in [0.15, 0.2) is 36.5 Å². The Morgan fingerprint density at radius 2 is 1.92 bits per heavy atom. The van der Waals surface area contributed by atoms with Gasteiger partial charge >= 0.3 is 0 Å². The van der Waals surface area contributed by atoms with Crippen LogP contribution in [0.3, 0.4) is 0 Å². The summed E-state index contributed by atoms with van der Waals surface area (Å²) >= 11 is 0. The van der Waals surface area contributed by atoms with Crippen molar-refractivity contribution in [3.8, 4) is 0 Å². The van der Waals surface area contributed by atoms with Crippen LogP contribution in [0.25, 0.3) is 0 Å². The van der Waals surface area contributed by atoms with Crippen LogP contribution in [-0.2, 0) is 0 Å². The van der Waals surface area contributed by atoms with Gasteiger partial charge in [0.05, 0.1) is 0 Å². The highest BCUT2D eigenvalue weighted by Gasteiger charge is 2.16. The Bertz CT molecular complexity index is 202. The highest BCUT2D eigenvalue weighted by molar-refractivity contribution is 5.27. The van der Waals surface area contributed by atoms with Gasteiger partial charge in [-0.05, 0) is 25.7 Å². The standard InChI is InChI=1S/C12H18/c1-4-10(2)9-11(3)12-7-5-6-8-12/h4,9,12H,1,3,5-8H2,2H3/b10-9-. The molecule has 1 aliphatic carbocycles. The molecule has 0 N–H and O–H groups in total. The molecule has 66 valence electrons. The zero-order valence-electron chi connectivity index (χ0n) is 7.97. The zero-order chi connectivity index (χ0) is 8.97. The smallest absolute Gasteiger partial charge is 0.0168 e. The Kier molecular flexibility index (Phi) is 3.33. The largest absolute Gasteiger partial charge is 0.0988 e. The fourth-order valence-electron chi connectivity index (χ4n) is 1.77. The lowest BCUT2D eigenvalue weighted by atomic mass is 9.97. The van der Waals surface area contributed by atoms with E-state index in [4.69, 9.17) is 0 Å². The molecule has 0 aliphatic heterocycles. The molecule has 0 heterocycles. The third-order valence-corrected chi connectivity index (χ3v) is 2.61. The van der Waals surface area contributed by atoms with Gasteiger partial charge in [0.1, 0.15) is 0 Å². The summed E-state index contributed by atoms with van der Waals surface area (Å²) in [6.45, 7) is 9.91. The fraction of sp³-hybridized carbons (Fsp3) is 0.500. The lowest BCUT2D eigenvalue weighted by Gasteiger charge is -2.08. The molecule has 0 unspecified atom stereocenters. The summed E-state index contributed by atoms with van der Waals surface area (Å²) in [5, 5.41) is 0. The third kappa shape index (κ3) is 2.37. The lowest BCUT2D eigenvalue weighted by Crippen LogP contribution is -1.94. The number of rotatable bonds is 3. The Labute approximate surface area is 75.7 Å². The van der Waals surface area contributed by atoms with Crippen LogP contribution in [0.5, 0.6) is 0 Å². The molecule has 0 spiro atoms. The summed E-state index contributed by atoms with van der Waals surface area (Å²) < 4.78 is 0. The van der Waals surface area contributed by atoms with Gasteiger partial charge in [-0.1, -0.05) is 49.3 Å². The molecule has 0 aromatic rings. The number of hydrogen-bond acceptors (Lipinski definition) is 0. The van der Waals surface area contributed by atoms with Crippen molar-refractivity contribution in [3.05, 3.63) is 36.5 Å². The van der Waals surface area contributed by atoms with Gasteiger partial charge in [0.2, 0.25) is 0 Å². The van der Waals surface area contributed by atoms with Crippen LogP contribution in [0.1, 0.15) is 32.6 Å². The van der Waals surface area contributed by atoms with Gasteiger partial charge in [-0.3, -0.25) is 0 Å². The Hall–Kier alpha value is -0.780. The van der Waals surface area contributed by atoms with Gasteiger partial charge < -0.3 is 0 Å². The summed E-state index contributed by atoms with van der Waals surface area (Å²) in [4.78, 5) is 0. The normalized spacial score (nSPS) is 19.6. The Morgan fingerprint density at radius 1 is 1.33 bits per heavy atom. The van der Waals surface area contributed by atoms with Gasteiger partial charge in [-0.2, -0.15) is 0 Å².